The van der Waals surface area contributed by atoms with Crippen molar-refractivity contribution in [3.05, 3.63) is 23.2 Å². The molecule has 1 aliphatic carbocycles. The molecule has 1 aliphatic rings. The third-order valence-electron chi connectivity index (χ3n) is 3.62. The van der Waals surface area contributed by atoms with Crippen LogP contribution in [0.4, 0.5) is 5.69 Å². The Morgan fingerprint density at radius 3 is 2.58 bits per heavy atom. The maximum Gasteiger partial charge on any atom is 0.138 e. The van der Waals surface area contributed by atoms with Crippen molar-refractivity contribution in [2.24, 2.45) is 0 Å². The Balaban J connectivity index is 1.94. The average Bonchev–Trinajstić information content (AvgIpc) is 2.66. The highest BCUT2D eigenvalue weighted by Crippen LogP contribution is 2.29. The molecule has 0 radical (unpaired) electrons. The molecule has 0 bridgehead atoms. The van der Waals surface area contributed by atoms with Gasteiger partial charge in [-0.25, -0.2) is 0 Å². The van der Waals surface area contributed by atoms with E-state index < -0.39 is 0 Å². The number of nitrogens with one attached hydrogen (secondary N) is 1. The quantitative estimate of drug-likeness (QED) is 0.743. The van der Waals surface area contributed by atoms with Crippen molar-refractivity contribution >= 4 is 17.3 Å². The van der Waals surface area contributed by atoms with E-state index in [4.69, 9.17) is 16.3 Å². The summed E-state index contributed by atoms with van der Waals surface area (Å²) >= 11 is 6.25. The van der Waals surface area contributed by atoms with Crippen molar-refractivity contribution in [2.45, 2.75) is 57.9 Å². The van der Waals surface area contributed by atoms with Gasteiger partial charge in [0.05, 0.1) is 11.6 Å². The Bertz CT molecular complexity index is 386. The van der Waals surface area contributed by atoms with E-state index in [-0.39, 0.29) is 0 Å². The molecule has 106 valence electrons. The molecule has 0 aromatic heterocycles. The summed E-state index contributed by atoms with van der Waals surface area (Å²) in [6.45, 7) is 2.81. The second-order valence-electron chi connectivity index (χ2n) is 5.33. The van der Waals surface area contributed by atoms with E-state index in [1.54, 1.807) is 0 Å². The van der Waals surface area contributed by atoms with Crippen LogP contribution >= 0.6 is 11.6 Å². The summed E-state index contributed by atoms with van der Waals surface area (Å²) in [6, 6.07) is 6.62. The number of rotatable bonds is 5. The lowest BCUT2D eigenvalue weighted by Gasteiger charge is -2.18. The van der Waals surface area contributed by atoms with E-state index in [2.05, 4.69) is 18.3 Å². The van der Waals surface area contributed by atoms with E-state index in [1.807, 2.05) is 12.1 Å². The first-order valence-corrected chi connectivity index (χ1v) is 7.86. The lowest BCUT2D eigenvalue weighted by atomic mass is 10.1. The van der Waals surface area contributed by atoms with Crippen LogP contribution in [0.15, 0.2) is 18.2 Å². The monoisotopic (exact) mass is 281 g/mol. The van der Waals surface area contributed by atoms with Gasteiger partial charge in [0.25, 0.3) is 0 Å². The van der Waals surface area contributed by atoms with Gasteiger partial charge >= 0.3 is 0 Å². The Morgan fingerprint density at radius 2 is 1.95 bits per heavy atom. The molecule has 1 aromatic rings. The van der Waals surface area contributed by atoms with E-state index in [1.165, 1.54) is 38.5 Å². The molecule has 0 aliphatic heterocycles. The van der Waals surface area contributed by atoms with Crippen molar-refractivity contribution in [1.82, 2.24) is 0 Å². The molecule has 3 heteroatoms. The first-order chi connectivity index (χ1) is 9.29. The Labute approximate surface area is 121 Å². The predicted octanol–water partition coefficient (Wildman–Crippen LogP) is 5.26. The van der Waals surface area contributed by atoms with Crippen LogP contribution in [0, 0.1) is 0 Å². The summed E-state index contributed by atoms with van der Waals surface area (Å²) in [5.74, 6) is 0.787. The van der Waals surface area contributed by atoms with Crippen LogP contribution in [-0.4, -0.2) is 12.6 Å². The van der Waals surface area contributed by atoms with Crippen LogP contribution in [0.5, 0.6) is 5.75 Å². The van der Waals surface area contributed by atoms with Gasteiger partial charge in [-0.1, -0.05) is 44.2 Å². The Hall–Kier alpha value is -0.890. The van der Waals surface area contributed by atoms with E-state index >= 15 is 0 Å². The molecule has 0 heterocycles. The zero-order valence-corrected chi connectivity index (χ0v) is 12.5. The van der Waals surface area contributed by atoms with Crippen LogP contribution in [0.1, 0.15) is 51.9 Å². The van der Waals surface area contributed by atoms with Gasteiger partial charge in [-0.3, -0.25) is 0 Å². The summed E-state index contributed by atoms with van der Waals surface area (Å²) in [4.78, 5) is 0. The fourth-order valence-corrected chi connectivity index (χ4v) is 2.81. The topological polar surface area (TPSA) is 21.3 Å². The van der Waals surface area contributed by atoms with Gasteiger partial charge in [0, 0.05) is 11.7 Å². The van der Waals surface area contributed by atoms with Crippen LogP contribution < -0.4 is 10.1 Å². The third-order valence-corrected chi connectivity index (χ3v) is 3.91. The number of hydrogen-bond acceptors (Lipinski definition) is 2. The van der Waals surface area contributed by atoms with Gasteiger partial charge in [-0.15, -0.1) is 0 Å². The molecular weight excluding hydrogens is 258 g/mol. The summed E-state index contributed by atoms with van der Waals surface area (Å²) in [7, 11) is 0. The molecule has 19 heavy (non-hydrogen) atoms. The van der Waals surface area contributed by atoms with Gasteiger partial charge < -0.3 is 10.1 Å². The number of hydrogen-bond donors (Lipinski definition) is 1. The van der Waals surface area contributed by atoms with Crippen molar-refractivity contribution in [3.8, 4) is 5.75 Å². The van der Waals surface area contributed by atoms with Gasteiger partial charge in [-0.05, 0) is 37.5 Å². The largest absolute Gasteiger partial charge is 0.492 e. The van der Waals surface area contributed by atoms with Gasteiger partial charge in [0.1, 0.15) is 5.75 Å². The van der Waals surface area contributed by atoms with Crippen molar-refractivity contribution < 1.29 is 4.74 Å². The number of anilines is 1. The van der Waals surface area contributed by atoms with Crippen molar-refractivity contribution in [2.75, 3.05) is 11.9 Å². The SMILES string of the molecule is CCCOc1ccc(NC2CCCCCC2)cc1Cl. The minimum atomic E-state index is 0.598. The first kappa shape index (κ1) is 14.5. The molecule has 1 fully saturated rings. The highest BCUT2D eigenvalue weighted by molar-refractivity contribution is 6.32. The van der Waals surface area contributed by atoms with Crippen LogP contribution in [0.25, 0.3) is 0 Å². The number of benzene rings is 1. The van der Waals surface area contributed by atoms with E-state index in [0.717, 1.165) is 24.5 Å². The van der Waals surface area contributed by atoms with Gasteiger partial charge in [-0.2, -0.15) is 0 Å². The standard InChI is InChI=1S/C16H24ClNO/c1-2-11-19-16-10-9-14(12-15(16)17)18-13-7-5-3-4-6-8-13/h9-10,12-13,18H,2-8,11H2,1H3. The van der Waals surface area contributed by atoms with Crippen molar-refractivity contribution in [1.29, 1.82) is 0 Å². The fraction of sp³-hybridized carbons (Fsp3) is 0.625. The minimum Gasteiger partial charge on any atom is -0.492 e. The smallest absolute Gasteiger partial charge is 0.138 e. The molecule has 1 saturated carbocycles. The molecule has 0 atom stereocenters. The van der Waals surface area contributed by atoms with E-state index in [9.17, 15) is 0 Å². The van der Waals surface area contributed by atoms with Crippen molar-refractivity contribution in [3.63, 3.8) is 0 Å². The zero-order chi connectivity index (χ0) is 13.5. The van der Waals surface area contributed by atoms with Gasteiger partial charge in [0.15, 0.2) is 0 Å². The van der Waals surface area contributed by atoms with Crippen LogP contribution in [0.3, 0.4) is 0 Å². The summed E-state index contributed by atoms with van der Waals surface area (Å²) in [6.07, 6.45) is 8.97. The second kappa shape index (κ2) is 7.64. The molecule has 2 rings (SSSR count). The lowest BCUT2D eigenvalue weighted by Crippen LogP contribution is -2.18. The highest BCUT2D eigenvalue weighted by Gasteiger charge is 2.12. The highest BCUT2D eigenvalue weighted by atomic mass is 35.5. The van der Waals surface area contributed by atoms with Gasteiger partial charge in [0.2, 0.25) is 0 Å². The lowest BCUT2D eigenvalue weighted by molar-refractivity contribution is 0.317. The molecule has 0 spiro atoms. The Kier molecular flexibility index (Phi) is 5.84. The number of ether oxygens (including phenoxy) is 1. The maximum atomic E-state index is 6.25. The molecule has 2 nitrogen and oxygen atoms in total. The maximum absolute atomic E-state index is 6.25. The summed E-state index contributed by atoms with van der Waals surface area (Å²) in [5, 5.41) is 4.31. The summed E-state index contributed by atoms with van der Waals surface area (Å²) in [5.41, 5.74) is 1.11. The third kappa shape index (κ3) is 4.61. The number of halogens is 1. The fourth-order valence-electron chi connectivity index (χ4n) is 2.58. The summed E-state index contributed by atoms with van der Waals surface area (Å²) < 4.78 is 5.59. The normalized spacial score (nSPS) is 16.9. The van der Waals surface area contributed by atoms with Crippen LogP contribution in [0.2, 0.25) is 5.02 Å². The molecule has 0 amide bonds. The zero-order valence-electron chi connectivity index (χ0n) is 11.8. The second-order valence-corrected chi connectivity index (χ2v) is 5.73. The molecular formula is C16H24ClNO. The van der Waals surface area contributed by atoms with Crippen LogP contribution in [-0.2, 0) is 0 Å². The molecule has 0 saturated heterocycles. The Morgan fingerprint density at radius 1 is 1.21 bits per heavy atom. The predicted molar refractivity (Wildman–Crippen MR) is 82.4 cm³/mol. The molecule has 1 aromatic carbocycles. The minimum absolute atomic E-state index is 0.598. The molecule has 0 unspecified atom stereocenters. The molecule has 1 N–H and O–H groups in total. The first-order valence-electron chi connectivity index (χ1n) is 7.48. The average molecular weight is 282 g/mol. The van der Waals surface area contributed by atoms with E-state index in [0.29, 0.717) is 11.1 Å².